The van der Waals surface area contributed by atoms with Crippen LogP contribution in [-0.4, -0.2) is 29.1 Å². The Kier molecular flexibility index (Phi) is 3.81. The first-order valence-electron chi connectivity index (χ1n) is 7.84. The molecule has 1 aromatic heterocycles. The Labute approximate surface area is 120 Å². The monoisotopic (exact) mass is 276 g/mol. The summed E-state index contributed by atoms with van der Waals surface area (Å²) >= 11 is 0. The van der Waals surface area contributed by atoms with E-state index in [2.05, 4.69) is 10.1 Å². The van der Waals surface area contributed by atoms with Gasteiger partial charge in [-0.3, -0.25) is 4.79 Å². The average Bonchev–Trinajstić information content (AvgIpc) is 2.78. The number of hydrogen-bond donors (Lipinski definition) is 0. The van der Waals surface area contributed by atoms with Crippen molar-refractivity contribution in [3.63, 3.8) is 0 Å². The van der Waals surface area contributed by atoms with E-state index in [0.717, 1.165) is 41.9 Å². The van der Waals surface area contributed by atoms with Gasteiger partial charge in [0.05, 0.1) is 12.1 Å². The van der Waals surface area contributed by atoms with E-state index in [0.29, 0.717) is 6.42 Å². The van der Waals surface area contributed by atoms with Crippen molar-refractivity contribution < 1.29 is 9.32 Å². The highest BCUT2D eigenvalue weighted by Crippen LogP contribution is 2.36. The first kappa shape index (κ1) is 13.7. The van der Waals surface area contributed by atoms with Gasteiger partial charge in [0, 0.05) is 18.7 Å². The van der Waals surface area contributed by atoms with Gasteiger partial charge in [0.25, 0.3) is 0 Å². The summed E-state index contributed by atoms with van der Waals surface area (Å²) in [6.45, 7) is 5.69. The summed E-state index contributed by atoms with van der Waals surface area (Å²) in [5.41, 5.74) is 1.82. The maximum atomic E-state index is 12.5. The standard InChI is InChI=1S/C16H24N2O2/c1-11-15(12(2)20-17-11)9-16(19)18-8-7-13-5-3-4-6-14(13)10-18/h13-14H,3-10H2,1-2H3/t13-,14-/m0/s1. The zero-order valence-electron chi connectivity index (χ0n) is 12.5. The molecule has 1 amide bonds. The molecule has 1 saturated heterocycles. The van der Waals surface area contributed by atoms with Crippen LogP contribution in [0.25, 0.3) is 0 Å². The second-order valence-corrected chi connectivity index (χ2v) is 6.41. The second kappa shape index (κ2) is 5.58. The zero-order valence-corrected chi connectivity index (χ0v) is 12.5. The number of rotatable bonds is 2. The molecule has 2 aliphatic rings. The molecule has 20 heavy (non-hydrogen) atoms. The van der Waals surface area contributed by atoms with Crippen LogP contribution in [0.15, 0.2) is 4.52 Å². The highest BCUT2D eigenvalue weighted by atomic mass is 16.5. The SMILES string of the molecule is Cc1noc(C)c1CC(=O)N1CC[C@@H]2CCCC[C@H]2C1. The Morgan fingerprint density at radius 2 is 2.00 bits per heavy atom. The molecule has 2 fully saturated rings. The van der Waals surface area contributed by atoms with E-state index in [1.165, 1.54) is 32.1 Å². The summed E-state index contributed by atoms with van der Waals surface area (Å²) in [5, 5.41) is 3.93. The first-order valence-corrected chi connectivity index (χ1v) is 7.84. The predicted octanol–water partition coefficient (Wildman–Crippen LogP) is 2.87. The van der Waals surface area contributed by atoms with Gasteiger partial charge in [-0.15, -0.1) is 0 Å². The van der Waals surface area contributed by atoms with Gasteiger partial charge in [0.1, 0.15) is 5.76 Å². The molecule has 0 radical (unpaired) electrons. The summed E-state index contributed by atoms with van der Waals surface area (Å²) in [4.78, 5) is 14.6. The highest BCUT2D eigenvalue weighted by Gasteiger charge is 2.33. The van der Waals surface area contributed by atoms with Gasteiger partial charge >= 0.3 is 0 Å². The van der Waals surface area contributed by atoms with Gasteiger partial charge in [-0.25, -0.2) is 0 Å². The van der Waals surface area contributed by atoms with Crippen LogP contribution >= 0.6 is 0 Å². The van der Waals surface area contributed by atoms with Crippen molar-refractivity contribution in [1.29, 1.82) is 0 Å². The van der Waals surface area contributed by atoms with Gasteiger partial charge in [-0.2, -0.15) is 0 Å². The first-order chi connectivity index (χ1) is 9.65. The summed E-state index contributed by atoms with van der Waals surface area (Å²) in [6, 6.07) is 0. The second-order valence-electron chi connectivity index (χ2n) is 6.41. The summed E-state index contributed by atoms with van der Waals surface area (Å²) in [5.74, 6) is 2.63. The number of piperidine rings is 1. The Bertz CT molecular complexity index is 475. The number of carbonyl (C=O) groups excluding carboxylic acids is 1. The Morgan fingerprint density at radius 1 is 1.25 bits per heavy atom. The average molecular weight is 276 g/mol. The molecule has 4 nitrogen and oxygen atoms in total. The van der Waals surface area contributed by atoms with E-state index in [-0.39, 0.29) is 5.91 Å². The maximum Gasteiger partial charge on any atom is 0.227 e. The molecule has 0 spiro atoms. The molecule has 1 aliphatic heterocycles. The lowest BCUT2D eigenvalue weighted by molar-refractivity contribution is -0.133. The fraction of sp³-hybridized carbons (Fsp3) is 0.750. The summed E-state index contributed by atoms with van der Waals surface area (Å²) < 4.78 is 5.15. The van der Waals surface area contributed by atoms with Crippen LogP contribution in [0.5, 0.6) is 0 Å². The zero-order chi connectivity index (χ0) is 14.1. The Hall–Kier alpha value is -1.32. The molecule has 3 rings (SSSR count). The summed E-state index contributed by atoms with van der Waals surface area (Å²) in [6.07, 6.45) is 7.04. The molecular weight excluding hydrogens is 252 g/mol. The van der Waals surface area contributed by atoms with Crippen LogP contribution in [0.1, 0.15) is 49.1 Å². The molecule has 0 aromatic carbocycles. The third-order valence-electron chi connectivity index (χ3n) is 5.15. The Morgan fingerprint density at radius 3 is 2.70 bits per heavy atom. The van der Waals surface area contributed by atoms with Crippen molar-refractivity contribution in [2.75, 3.05) is 13.1 Å². The molecule has 1 saturated carbocycles. The lowest BCUT2D eigenvalue weighted by Crippen LogP contribution is -2.45. The summed E-state index contributed by atoms with van der Waals surface area (Å²) in [7, 11) is 0. The van der Waals surface area contributed by atoms with Gasteiger partial charge in [-0.05, 0) is 38.5 Å². The molecule has 0 bridgehead atoms. The topological polar surface area (TPSA) is 46.3 Å². The normalized spacial score (nSPS) is 26.4. The molecule has 2 heterocycles. The number of amides is 1. The molecule has 2 atom stereocenters. The number of aromatic nitrogens is 1. The van der Waals surface area contributed by atoms with Gasteiger partial charge in [0.15, 0.2) is 0 Å². The Balaban J connectivity index is 1.63. The largest absolute Gasteiger partial charge is 0.361 e. The minimum Gasteiger partial charge on any atom is -0.361 e. The fourth-order valence-electron chi connectivity index (χ4n) is 3.84. The number of nitrogens with zero attached hydrogens (tertiary/aromatic N) is 2. The van der Waals surface area contributed by atoms with E-state index in [4.69, 9.17) is 4.52 Å². The molecule has 110 valence electrons. The number of fused-ring (bicyclic) bond motifs is 1. The van der Waals surface area contributed by atoms with Crippen molar-refractivity contribution >= 4 is 5.91 Å². The number of likely N-dealkylation sites (tertiary alicyclic amines) is 1. The van der Waals surface area contributed by atoms with Crippen molar-refractivity contribution in [2.24, 2.45) is 11.8 Å². The van der Waals surface area contributed by atoms with E-state index in [1.54, 1.807) is 0 Å². The van der Waals surface area contributed by atoms with Gasteiger partial charge in [0.2, 0.25) is 5.91 Å². The molecule has 1 aliphatic carbocycles. The van der Waals surface area contributed by atoms with E-state index >= 15 is 0 Å². The number of hydrogen-bond acceptors (Lipinski definition) is 3. The van der Waals surface area contributed by atoms with E-state index < -0.39 is 0 Å². The number of aryl methyl sites for hydroxylation is 2. The van der Waals surface area contributed by atoms with Crippen LogP contribution in [0, 0.1) is 25.7 Å². The third-order valence-corrected chi connectivity index (χ3v) is 5.15. The minimum absolute atomic E-state index is 0.239. The lowest BCUT2D eigenvalue weighted by atomic mass is 9.75. The molecule has 4 heteroatoms. The smallest absolute Gasteiger partial charge is 0.227 e. The van der Waals surface area contributed by atoms with Crippen LogP contribution in [-0.2, 0) is 11.2 Å². The van der Waals surface area contributed by atoms with Crippen LogP contribution in [0.4, 0.5) is 0 Å². The molecular formula is C16H24N2O2. The van der Waals surface area contributed by atoms with Crippen LogP contribution in [0.2, 0.25) is 0 Å². The van der Waals surface area contributed by atoms with E-state index in [9.17, 15) is 4.79 Å². The third kappa shape index (κ3) is 2.60. The van der Waals surface area contributed by atoms with Gasteiger partial charge < -0.3 is 9.42 Å². The van der Waals surface area contributed by atoms with Crippen molar-refractivity contribution in [2.45, 2.75) is 52.4 Å². The van der Waals surface area contributed by atoms with Crippen molar-refractivity contribution in [3.05, 3.63) is 17.0 Å². The van der Waals surface area contributed by atoms with Crippen LogP contribution < -0.4 is 0 Å². The fourth-order valence-corrected chi connectivity index (χ4v) is 3.84. The van der Waals surface area contributed by atoms with Gasteiger partial charge in [-0.1, -0.05) is 24.4 Å². The minimum atomic E-state index is 0.239. The molecule has 0 unspecified atom stereocenters. The van der Waals surface area contributed by atoms with Crippen molar-refractivity contribution in [3.8, 4) is 0 Å². The predicted molar refractivity (Wildman–Crippen MR) is 76.3 cm³/mol. The quantitative estimate of drug-likeness (QED) is 0.834. The maximum absolute atomic E-state index is 12.5. The molecule has 0 N–H and O–H groups in total. The highest BCUT2D eigenvalue weighted by molar-refractivity contribution is 5.79. The number of carbonyl (C=O) groups is 1. The van der Waals surface area contributed by atoms with Crippen molar-refractivity contribution in [1.82, 2.24) is 10.1 Å². The lowest BCUT2D eigenvalue weighted by Gasteiger charge is -2.41. The molecule has 1 aromatic rings. The van der Waals surface area contributed by atoms with Crippen LogP contribution in [0.3, 0.4) is 0 Å². The van der Waals surface area contributed by atoms with E-state index in [1.807, 2.05) is 13.8 Å².